The van der Waals surface area contributed by atoms with Crippen molar-refractivity contribution in [1.82, 2.24) is 0 Å². The molecule has 0 radical (unpaired) electrons. The molecule has 0 bridgehead atoms. The van der Waals surface area contributed by atoms with Gasteiger partial charge in [-0.05, 0) is 39.0 Å². The summed E-state index contributed by atoms with van der Waals surface area (Å²) in [4.78, 5) is 0. The third kappa shape index (κ3) is 3.71. The van der Waals surface area contributed by atoms with E-state index < -0.39 is 6.92 Å². The van der Waals surface area contributed by atoms with Crippen LogP contribution >= 0.6 is 18.1 Å². The van der Waals surface area contributed by atoms with Crippen molar-refractivity contribution in [2.75, 3.05) is 0 Å². The molecular weight excluding hydrogens is 267 g/mol. The number of rotatable bonds is 4. The molecule has 0 aromatic rings. The molecule has 1 rings (SSSR count). The van der Waals surface area contributed by atoms with Crippen molar-refractivity contribution in [3.8, 4) is 5.69 Å². The topological polar surface area (TPSA) is 9.23 Å². The summed E-state index contributed by atoms with van der Waals surface area (Å²) >= 11 is 6.62. The average molecular weight is 287 g/mol. The lowest BCUT2D eigenvalue weighted by atomic mass is 9.77. The fourth-order valence-electron chi connectivity index (χ4n) is 2.24. The van der Waals surface area contributed by atoms with Crippen LogP contribution in [0.15, 0.2) is 24.5 Å². The van der Waals surface area contributed by atoms with Crippen LogP contribution in [0, 0.1) is 11.6 Å². The molecule has 17 heavy (non-hydrogen) atoms. The van der Waals surface area contributed by atoms with Crippen LogP contribution in [-0.2, 0) is 16.3 Å². The van der Waals surface area contributed by atoms with Gasteiger partial charge in [-0.3, -0.25) is 0 Å². The summed E-state index contributed by atoms with van der Waals surface area (Å²) in [5.41, 5.74) is 6.84. The second-order valence-electron chi connectivity index (χ2n) is 4.81. The van der Waals surface area contributed by atoms with E-state index >= 15 is 0 Å². The van der Waals surface area contributed by atoms with E-state index in [0.29, 0.717) is 5.92 Å². The van der Waals surface area contributed by atoms with Crippen LogP contribution in [0.25, 0.3) is 0 Å². The molecule has 1 aliphatic rings. The zero-order chi connectivity index (χ0) is 13.1. The van der Waals surface area contributed by atoms with E-state index in [1.54, 1.807) is 5.82 Å². The average Bonchev–Trinajstić information content (AvgIpc) is 2.28. The summed E-state index contributed by atoms with van der Waals surface area (Å²) in [6, 6.07) is 0. The molecule has 0 spiro atoms. The zero-order valence-electron chi connectivity index (χ0n) is 10.5. The Morgan fingerprint density at radius 2 is 2.35 bits per heavy atom. The van der Waals surface area contributed by atoms with Crippen LogP contribution in [-0.4, -0.2) is 10.9 Å². The quantitative estimate of drug-likeness (QED) is 0.541. The summed E-state index contributed by atoms with van der Waals surface area (Å²) in [5.74, 6) is 2.28. The molecule has 4 heteroatoms. The van der Waals surface area contributed by atoms with Gasteiger partial charge in [0.25, 0.3) is 0 Å². The van der Waals surface area contributed by atoms with Crippen molar-refractivity contribution in [2.24, 2.45) is 5.92 Å². The molecule has 4 atom stereocenters. The SMILES string of the molecule is C#S[C@H]1C[C@H](C(=C)C)CC[C@]1(C)O[P+](=S)C=C. The van der Waals surface area contributed by atoms with Crippen molar-refractivity contribution < 1.29 is 4.52 Å². The minimum absolute atomic E-state index is 0.215. The minimum atomic E-state index is -0.956. The van der Waals surface area contributed by atoms with E-state index in [0.717, 1.165) is 19.3 Å². The van der Waals surface area contributed by atoms with Gasteiger partial charge < -0.3 is 0 Å². The number of hydrogen-bond acceptors (Lipinski definition) is 2. The highest BCUT2D eigenvalue weighted by Crippen LogP contribution is 2.45. The highest BCUT2D eigenvalue weighted by molar-refractivity contribution is 8.04. The van der Waals surface area contributed by atoms with Crippen molar-refractivity contribution in [3.63, 3.8) is 0 Å². The predicted molar refractivity (Wildman–Crippen MR) is 82.5 cm³/mol. The van der Waals surface area contributed by atoms with Crippen molar-refractivity contribution in [3.05, 3.63) is 24.5 Å². The summed E-state index contributed by atoms with van der Waals surface area (Å²) in [7, 11) is 0. The molecule has 1 aliphatic carbocycles. The van der Waals surface area contributed by atoms with Gasteiger partial charge in [0, 0.05) is 0 Å². The van der Waals surface area contributed by atoms with Gasteiger partial charge in [-0.2, -0.15) is 4.52 Å². The minimum Gasteiger partial charge on any atom is -0.156 e. The van der Waals surface area contributed by atoms with Gasteiger partial charge in [-0.1, -0.05) is 18.7 Å². The lowest BCUT2D eigenvalue weighted by Gasteiger charge is -2.38. The first-order chi connectivity index (χ1) is 7.92. The van der Waals surface area contributed by atoms with Gasteiger partial charge in [-0.25, -0.2) is 0 Å². The molecular formula is C13H20OPS2+. The van der Waals surface area contributed by atoms with Crippen LogP contribution in [0.5, 0.6) is 0 Å². The van der Waals surface area contributed by atoms with Gasteiger partial charge in [0.05, 0.1) is 5.25 Å². The molecule has 0 N–H and O–H groups in total. The summed E-state index contributed by atoms with van der Waals surface area (Å²) in [5, 5.41) is 0.283. The Morgan fingerprint density at radius 1 is 1.71 bits per heavy atom. The second kappa shape index (κ2) is 6.22. The van der Waals surface area contributed by atoms with Gasteiger partial charge in [0.15, 0.2) is 5.82 Å². The third-order valence-electron chi connectivity index (χ3n) is 3.48. The Kier molecular flexibility index (Phi) is 5.50. The Balaban J connectivity index is 2.81. The van der Waals surface area contributed by atoms with Crippen LogP contribution < -0.4 is 0 Å². The van der Waals surface area contributed by atoms with Crippen LogP contribution in [0.3, 0.4) is 0 Å². The van der Waals surface area contributed by atoms with Crippen molar-refractivity contribution in [1.29, 1.82) is 0 Å². The van der Waals surface area contributed by atoms with Gasteiger partial charge in [-0.15, -0.1) is 16.9 Å². The summed E-state index contributed by atoms with van der Waals surface area (Å²) in [6.07, 6.45) is 3.13. The van der Waals surface area contributed by atoms with Crippen molar-refractivity contribution >= 4 is 29.9 Å². The van der Waals surface area contributed by atoms with E-state index in [1.807, 2.05) is 0 Å². The van der Waals surface area contributed by atoms with Gasteiger partial charge >= 0.3 is 6.92 Å². The molecule has 94 valence electrons. The first kappa shape index (κ1) is 15.0. The summed E-state index contributed by atoms with van der Waals surface area (Å²) < 4.78 is 5.99. The van der Waals surface area contributed by atoms with Crippen LogP contribution in [0.2, 0.25) is 0 Å². The molecule has 1 unspecified atom stereocenters. The lowest BCUT2D eigenvalue weighted by molar-refractivity contribution is 0.0624. The van der Waals surface area contributed by atoms with E-state index in [1.165, 1.54) is 16.7 Å². The molecule has 0 amide bonds. The van der Waals surface area contributed by atoms with Crippen molar-refractivity contribution in [2.45, 2.75) is 44.0 Å². The monoisotopic (exact) mass is 287 g/mol. The zero-order valence-corrected chi connectivity index (χ0v) is 13.0. The predicted octanol–water partition coefficient (Wildman–Crippen LogP) is 4.83. The highest BCUT2D eigenvalue weighted by Gasteiger charge is 2.44. The molecule has 0 aliphatic heterocycles. The number of hydrogen-bond donors (Lipinski definition) is 0. The van der Waals surface area contributed by atoms with E-state index in [2.05, 4.69) is 27.0 Å². The second-order valence-corrected chi connectivity index (χ2v) is 7.85. The molecule has 0 saturated heterocycles. The molecule has 0 aromatic heterocycles. The fraction of sp³-hybridized carbons (Fsp3) is 0.615. The number of allylic oxidation sites excluding steroid dienone is 1. The standard InChI is InChI=1S/C13H20OPS2/c1-6-15(16)14-13(4)8-7-11(10(2)3)9-12(13)17-5/h5-6,11-12H,1-2,7-9H2,3-4H3/q+1/t11-,12+,13+/m1/s1. The third-order valence-corrected chi connectivity index (χ3v) is 6.06. The van der Waals surface area contributed by atoms with E-state index in [9.17, 15) is 0 Å². The Morgan fingerprint density at radius 3 is 2.82 bits per heavy atom. The largest absolute Gasteiger partial charge is 0.369 e. The van der Waals surface area contributed by atoms with E-state index in [4.69, 9.17) is 22.0 Å². The highest BCUT2D eigenvalue weighted by atomic mass is 32.4. The van der Waals surface area contributed by atoms with Gasteiger partial charge in [0.1, 0.15) is 5.60 Å². The Hall–Kier alpha value is -0.0400. The van der Waals surface area contributed by atoms with Gasteiger partial charge in [0.2, 0.25) is 11.8 Å². The maximum absolute atomic E-state index is 5.99. The fourth-order valence-corrected chi connectivity index (χ4v) is 4.33. The maximum atomic E-state index is 5.99. The normalized spacial score (nSPS) is 33.8. The first-order valence-corrected chi connectivity index (χ1v) is 9.00. The summed E-state index contributed by atoms with van der Waals surface area (Å²) in [6.45, 7) is 11.0. The smallest absolute Gasteiger partial charge is 0.156 e. The first-order valence-electron chi connectivity index (χ1n) is 5.72. The Bertz CT molecular complexity index is 385. The van der Waals surface area contributed by atoms with E-state index in [-0.39, 0.29) is 10.9 Å². The molecule has 1 nitrogen and oxygen atoms in total. The maximum Gasteiger partial charge on any atom is 0.369 e. The van der Waals surface area contributed by atoms with Crippen LogP contribution in [0.4, 0.5) is 0 Å². The Labute approximate surface area is 114 Å². The van der Waals surface area contributed by atoms with Crippen LogP contribution in [0.1, 0.15) is 33.1 Å². The molecule has 1 fully saturated rings. The lowest BCUT2D eigenvalue weighted by Crippen LogP contribution is -2.42. The molecule has 0 aromatic carbocycles. The molecule has 0 heterocycles. The molecule has 1 saturated carbocycles.